The van der Waals surface area contributed by atoms with E-state index in [1.54, 1.807) is 23.5 Å². The predicted molar refractivity (Wildman–Crippen MR) is 69.9 cm³/mol. The normalized spacial score (nSPS) is 10.8. The Kier molecular flexibility index (Phi) is 3.86. The summed E-state index contributed by atoms with van der Waals surface area (Å²) in [6, 6.07) is 6.49. The highest BCUT2D eigenvalue weighted by atomic mass is 32.1. The first-order chi connectivity index (χ1) is 8.20. The maximum atomic E-state index is 12.8. The fourth-order valence-corrected chi connectivity index (χ4v) is 2.68. The Morgan fingerprint density at radius 2 is 2.00 bits per heavy atom. The lowest BCUT2D eigenvalue weighted by Crippen LogP contribution is -2.09. The number of hydrogen-bond donors (Lipinski definition) is 1. The molecule has 1 aromatic carbocycles. The second kappa shape index (κ2) is 5.38. The van der Waals surface area contributed by atoms with Crippen LogP contribution < -0.4 is 5.32 Å². The fourth-order valence-electron chi connectivity index (χ4n) is 1.61. The summed E-state index contributed by atoms with van der Waals surface area (Å²) in [5.41, 5.74) is 2.06. The van der Waals surface area contributed by atoms with Crippen LogP contribution in [0.25, 0.3) is 10.6 Å². The van der Waals surface area contributed by atoms with E-state index in [9.17, 15) is 4.39 Å². The van der Waals surface area contributed by atoms with Crippen LogP contribution in [0.5, 0.6) is 0 Å². The van der Waals surface area contributed by atoms with Crippen LogP contribution in [0.3, 0.4) is 0 Å². The molecule has 0 radical (unpaired) electrons. The monoisotopic (exact) mass is 250 g/mol. The van der Waals surface area contributed by atoms with Gasteiger partial charge in [-0.25, -0.2) is 9.37 Å². The number of benzene rings is 1. The van der Waals surface area contributed by atoms with E-state index in [2.05, 4.69) is 10.3 Å². The highest BCUT2D eigenvalue weighted by molar-refractivity contribution is 7.15. The maximum Gasteiger partial charge on any atom is 0.123 e. The summed E-state index contributed by atoms with van der Waals surface area (Å²) < 4.78 is 12.8. The SMILES string of the molecule is CNCCc1sc(-c2ccc(F)cc2)nc1C. The van der Waals surface area contributed by atoms with Gasteiger partial charge in [-0.05, 0) is 51.2 Å². The van der Waals surface area contributed by atoms with E-state index in [0.717, 1.165) is 29.2 Å². The molecule has 0 atom stereocenters. The van der Waals surface area contributed by atoms with E-state index in [0.29, 0.717) is 0 Å². The molecule has 1 heterocycles. The molecular formula is C13H15FN2S. The van der Waals surface area contributed by atoms with Gasteiger partial charge in [0.25, 0.3) is 0 Å². The largest absolute Gasteiger partial charge is 0.319 e. The lowest BCUT2D eigenvalue weighted by Gasteiger charge is -1.96. The Bertz CT molecular complexity index is 491. The second-order valence-corrected chi connectivity index (χ2v) is 4.97. The van der Waals surface area contributed by atoms with Crippen molar-refractivity contribution >= 4 is 11.3 Å². The van der Waals surface area contributed by atoms with Gasteiger partial charge in [-0.3, -0.25) is 0 Å². The number of hydrogen-bond acceptors (Lipinski definition) is 3. The molecule has 0 amide bonds. The highest BCUT2D eigenvalue weighted by Gasteiger charge is 2.08. The van der Waals surface area contributed by atoms with Crippen LogP contribution in [0.1, 0.15) is 10.6 Å². The van der Waals surface area contributed by atoms with Gasteiger partial charge in [0.15, 0.2) is 0 Å². The predicted octanol–water partition coefficient (Wildman–Crippen LogP) is 3.02. The second-order valence-electron chi connectivity index (χ2n) is 3.89. The molecule has 0 saturated heterocycles. The Morgan fingerprint density at radius 1 is 1.29 bits per heavy atom. The number of rotatable bonds is 4. The molecule has 1 N–H and O–H groups in total. The van der Waals surface area contributed by atoms with E-state index < -0.39 is 0 Å². The van der Waals surface area contributed by atoms with Crippen molar-refractivity contribution in [1.29, 1.82) is 0 Å². The van der Waals surface area contributed by atoms with Crippen LogP contribution >= 0.6 is 11.3 Å². The van der Waals surface area contributed by atoms with Gasteiger partial charge in [0.2, 0.25) is 0 Å². The first-order valence-corrected chi connectivity index (χ1v) is 6.39. The zero-order chi connectivity index (χ0) is 12.3. The third kappa shape index (κ3) is 2.90. The van der Waals surface area contributed by atoms with Gasteiger partial charge in [-0.15, -0.1) is 11.3 Å². The minimum absolute atomic E-state index is 0.211. The zero-order valence-corrected chi connectivity index (χ0v) is 10.8. The van der Waals surface area contributed by atoms with Crippen molar-refractivity contribution < 1.29 is 4.39 Å². The number of aromatic nitrogens is 1. The van der Waals surface area contributed by atoms with Gasteiger partial charge < -0.3 is 5.32 Å². The van der Waals surface area contributed by atoms with E-state index >= 15 is 0 Å². The fraction of sp³-hybridized carbons (Fsp3) is 0.308. The van der Waals surface area contributed by atoms with Crippen molar-refractivity contribution in [3.63, 3.8) is 0 Å². The molecule has 0 saturated carbocycles. The standard InChI is InChI=1S/C13H15FN2S/c1-9-12(7-8-15-2)17-13(16-9)10-3-5-11(14)6-4-10/h3-6,15H,7-8H2,1-2H3. The molecule has 0 aliphatic heterocycles. The van der Waals surface area contributed by atoms with Gasteiger partial charge in [-0.2, -0.15) is 0 Å². The van der Waals surface area contributed by atoms with Gasteiger partial charge >= 0.3 is 0 Å². The Balaban J connectivity index is 2.24. The molecule has 0 spiro atoms. The topological polar surface area (TPSA) is 24.9 Å². The molecule has 0 fully saturated rings. The average Bonchev–Trinajstić information content (AvgIpc) is 2.69. The minimum Gasteiger partial charge on any atom is -0.319 e. The molecule has 0 aliphatic rings. The van der Waals surface area contributed by atoms with E-state index in [-0.39, 0.29) is 5.82 Å². The molecular weight excluding hydrogens is 235 g/mol. The van der Waals surface area contributed by atoms with Crippen molar-refractivity contribution in [3.8, 4) is 10.6 Å². The van der Waals surface area contributed by atoms with E-state index in [1.165, 1.54) is 17.0 Å². The third-order valence-corrected chi connectivity index (χ3v) is 3.85. The summed E-state index contributed by atoms with van der Waals surface area (Å²) in [6.07, 6.45) is 0.987. The first-order valence-electron chi connectivity index (χ1n) is 5.57. The lowest BCUT2D eigenvalue weighted by molar-refractivity contribution is 0.628. The quantitative estimate of drug-likeness (QED) is 0.902. The van der Waals surface area contributed by atoms with E-state index in [4.69, 9.17) is 0 Å². The Morgan fingerprint density at radius 3 is 2.65 bits per heavy atom. The van der Waals surface area contributed by atoms with Crippen LogP contribution in [-0.4, -0.2) is 18.6 Å². The van der Waals surface area contributed by atoms with Crippen LogP contribution in [0.15, 0.2) is 24.3 Å². The molecule has 0 aliphatic carbocycles. The summed E-state index contributed by atoms with van der Waals surface area (Å²) in [5, 5.41) is 4.10. The van der Waals surface area contributed by atoms with Crippen LogP contribution in [0, 0.1) is 12.7 Å². The molecule has 17 heavy (non-hydrogen) atoms. The Labute approximate surface area is 105 Å². The Hall–Kier alpha value is -1.26. The summed E-state index contributed by atoms with van der Waals surface area (Å²) >= 11 is 1.68. The average molecular weight is 250 g/mol. The zero-order valence-electron chi connectivity index (χ0n) is 9.96. The number of thiazole rings is 1. The van der Waals surface area contributed by atoms with Crippen LogP contribution in [0.4, 0.5) is 4.39 Å². The van der Waals surface area contributed by atoms with Gasteiger partial charge in [0.05, 0.1) is 5.69 Å². The highest BCUT2D eigenvalue weighted by Crippen LogP contribution is 2.28. The molecule has 90 valence electrons. The minimum atomic E-state index is -0.211. The number of nitrogens with one attached hydrogen (secondary N) is 1. The van der Waals surface area contributed by atoms with Gasteiger partial charge in [0, 0.05) is 10.4 Å². The van der Waals surface area contributed by atoms with Crippen molar-refractivity contribution in [2.45, 2.75) is 13.3 Å². The molecule has 0 bridgehead atoms. The maximum absolute atomic E-state index is 12.8. The summed E-state index contributed by atoms with van der Waals surface area (Å²) in [4.78, 5) is 5.82. The van der Waals surface area contributed by atoms with Gasteiger partial charge in [0.1, 0.15) is 10.8 Å². The third-order valence-electron chi connectivity index (χ3n) is 2.59. The van der Waals surface area contributed by atoms with Crippen LogP contribution in [0.2, 0.25) is 0 Å². The number of halogens is 1. The molecule has 2 nitrogen and oxygen atoms in total. The number of aryl methyl sites for hydroxylation is 1. The van der Waals surface area contributed by atoms with Crippen molar-refractivity contribution in [2.24, 2.45) is 0 Å². The summed E-state index contributed by atoms with van der Waals surface area (Å²) in [6.45, 7) is 2.97. The van der Waals surface area contributed by atoms with Gasteiger partial charge in [-0.1, -0.05) is 0 Å². The number of nitrogens with zero attached hydrogens (tertiary/aromatic N) is 1. The summed E-state index contributed by atoms with van der Waals surface area (Å²) in [7, 11) is 1.94. The molecule has 4 heteroatoms. The number of likely N-dealkylation sites (N-methyl/N-ethyl adjacent to an activating group) is 1. The van der Waals surface area contributed by atoms with Crippen molar-refractivity contribution in [2.75, 3.05) is 13.6 Å². The van der Waals surface area contributed by atoms with Crippen LogP contribution in [-0.2, 0) is 6.42 Å². The van der Waals surface area contributed by atoms with Crippen molar-refractivity contribution in [3.05, 3.63) is 40.7 Å². The molecule has 2 aromatic rings. The van der Waals surface area contributed by atoms with Crippen molar-refractivity contribution in [1.82, 2.24) is 10.3 Å². The molecule has 1 aromatic heterocycles. The first kappa shape index (κ1) is 12.2. The molecule has 0 unspecified atom stereocenters. The lowest BCUT2D eigenvalue weighted by atomic mass is 10.2. The van der Waals surface area contributed by atoms with E-state index in [1.807, 2.05) is 14.0 Å². The molecule has 2 rings (SSSR count). The summed E-state index contributed by atoms with van der Waals surface area (Å²) in [5.74, 6) is -0.211. The smallest absolute Gasteiger partial charge is 0.123 e.